The molecule has 6 rings (SSSR count). The number of nitrogens with one attached hydrogen (secondary N) is 1. The molecule has 0 unspecified atom stereocenters. The minimum Gasteiger partial charge on any atom is -0.497 e. The number of ether oxygens (including phenoxy) is 7. The molecule has 44 heavy (non-hydrogen) atoms. The number of hydrogen-bond acceptors (Lipinski definition) is 10. The summed E-state index contributed by atoms with van der Waals surface area (Å²) in [7, 11) is 9.10. The number of esters is 2. The summed E-state index contributed by atoms with van der Waals surface area (Å²) in [6, 6.07) is 9.40. The summed E-state index contributed by atoms with van der Waals surface area (Å²) in [4.78, 5) is 33.1. The molecule has 3 aliphatic rings. The van der Waals surface area contributed by atoms with Gasteiger partial charge in [-0.1, -0.05) is 0 Å². The fourth-order valence-electron chi connectivity index (χ4n) is 7.76. The molecule has 1 saturated carbocycles. The lowest BCUT2D eigenvalue weighted by molar-refractivity contribution is -0.176. The number of H-pyrrole nitrogens is 1. The van der Waals surface area contributed by atoms with Crippen LogP contribution in [0.5, 0.6) is 23.0 Å². The van der Waals surface area contributed by atoms with Gasteiger partial charge in [0.15, 0.2) is 11.5 Å². The van der Waals surface area contributed by atoms with Crippen molar-refractivity contribution in [3.63, 3.8) is 0 Å². The van der Waals surface area contributed by atoms with Crippen LogP contribution in [-0.4, -0.2) is 89.8 Å². The quantitative estimate of drug-likeness (QED) is 0.374. The van der Waals surface area contributed by atoms with Gasteiger partial charge in [0.25, 0.3) is 0 Å². The van der Waals surface area contributed by atoms with Crippen LogP contribution in [0.15, 0.2) is 30.3 Å². The number of nitrogens with zero attached hydrogens (tertiary/aromatic N) is 1. The van der Waals surface area contributed by atoms with Crippen molar-refractivity contribution in [3.05, 3.63) is 47.2 Å². The second kappa shape index (κ2) is 12.2. The van der Waals surface area contributed by atoms with E-state index in [1.54, 1.807) is 26.4 Å². The predicted octanol–water partition coefficient (Wildman–Crippen LogP) is 4.17. The Morgan fingerprint density at radius 2 is 1.66 bits per heavy atom. The molecule has 3 heterocycles. The number of carbonyl (C=O) groups is 2. The van der Waals surface area contributed by atoms with E-state index < -0.39 is 24.1 Å². The molecule has 0 radical (unpaired) electrons. The zero-order chi connectivity index (χ0) is 31.1. The highest BCUT2D eigenvalue weighted by Crippen LogP contribution is 2.51. The van der Waals surface area contributed by atoms with Crippen molar-refractivity contribution in [1.29, 1.82) is 0 Å². The summed E-state index contributed by atoms with van der Waals surface area (Å²) in [6.07, 6.45) is 0.920. The van der Waals surface area contributed by atoms with Gasteiger partial charge in [0.1, 0.15) is 18.0 Å². The number of hydrogen-bond donors (Lipinski definition) is 1. The third-order valence-electron chi connectivity index (χ3n) is 9.76. The normalized spacial score (nSPS) is 26.1. The predicted molar refractivity (Wildman–Crippen MR) is 161 cm³/mol. The Balaban J connectivity index is 1.29. The van der Waals surface area contributed by atoms with Crippen molar-refractivity contribution in [1.82, 2.24) is 9.88 Å². The molecule has 1 aliphatic carbocycles. The molecule has 0 amide bonds. The summed E-state index contributed by atoms with van der Waals surface area (Å²) < 4.78 is 39.1. The summed E-state index contributed by atoms with van der Waals surface area (Å²) in [5.41, 5.74) is 3.83. The van der Waals surface area contributed by atoms with E-state index >= 15 is 0 Å². The van der Waals surface area contributed by atoms with Crippen molar-refractivity contribution in [2.45, 2.75) is 37.5 Å². The van der Waals surface area contributed by atoms with Crippen LogP contribution >= 0.6 is 0 Å². The van der Waals surface area contributed by atoms with Gasteiger partial charge >= 0.3 is 11.9 Å². The maximum absolute atomic E-state index is 13.5. The Hall–Kier alpha value is -3.96. The van der Waals surface area contributed by atoms with E-state index in [1.165, 1.54) is 45.1 Å². The van der Waals surface area contributed by atoms with Gasteiger partial charge in [-0.3, -0.25) is 9.69 Å². The fraction of sp³-hybridized carbons (Fsp3) is 0.515. The van der Waals surface area contributed by atoms with Gasteiger partial charge in [0, 0.05) is 42.9 Å². The van der Waals surface area contributed by atoms with Crippen molar-refractivity contribution in [2.75, 3.05) is 55.7 Å². The van der Waals surface area contributed by atoms with Crippen LogP contribution in [0, 0.1) is 17.8 Å². The molecule has 0 bridgehead atoms. The van der Waals surface area contributed by atoms with Crippen LogP contribution in [0.4, 0.5) is 0 Å². The van der Waals surface area contributed by atoms with Crippen LogP contribution in [0.1, 0.15) is 40.5 Å². The average Bonchev–Trinajstić information content (AvgIpc) is 3.43. The second-order valence-electron chi connectivity index (χ2n) is 11.7. The highest BCUT2D eigenvalue weighted by Gasteiger charge is 2.54. The maximum Gasteiger partial charge on any atom is 0.338 e. The van der Waals surface area contributed by atoms with Gasteiger partial charge in [-0.25, -0.2) is 4.79 Å². The topological polar surface area (TPSA) is 118 Å². The molecule has 1 saturated heterocycles. The summed E-state index contributed by atoms with van der Waals surface area (Å²) in [6.45, 7) is 1.68. The monoisotopic (exact) mass is 608 g/mol. The molecule has 0 spiro atoms. The van der Waals surface area contributed by atoms with E-state index in [4.69, 9.17) is 33.2 Å². The highest BCUT2D eigenvalue weighted by atomic mass is 16.6. The van der Waals surface area contributed by atoms with Crippen LogP contribution in [0.3, 0.4) is 0 Å². The number of piperidine rings is 1. The number of benzene rings is 2. The molecule has 2 aromatic carbocycles. The Bertz CT molecular complexity index is 1530. The molecular weight excluding hydrogens is 568 g/mol. The van der Waals surface area contributed by atoms with Gasteiger partial charge in [-0.2, -0.15) is 0 Å². The van der Waals surface area contributed by atoms with Gasteiger partial charge in [-0.05, 0) is 60.9 Å². The third kappa shape index (κ3) is 5.01. The molecule has 2 aliphatic heterocycles. The number of aromatic amines is 1. The Morgan fingerprint density at radius 1 is 0.909 bits per heavy atom. The number of methoxy groups -OCH3 is 6. The maximum atomic E-state index is 13.5. The zero-order valence-corrected chi connectivity index (χ0v) is 26.0. The molecule has 11 heteroatoms. The minimum absolute atomic E-state index is 0.0170. The van der Waals surface area contributed by atoms with E-state index in [1.807, 2.05) is 12.1 Å². The minimum atomic E-state index is -0.670. The van der Waals surface area contributed by atoms with Gasteiger partial charge < -0.3 is 38.1 Å². The smallest absolute Gasteiger partial charge is 0.338 e. The van der Waals surface area contributed by atoms with Crippen LogP contribution < -0.4 is 18.9 Å². The largest absolute Gasteiger partial charge is 0.497 e. The number of fused-ring (bicyclic) bond motifs is 6. The van der Waals surface area contributed by atoms with E-state index in [2.05, 4.69) is 16.0 Å². The Kier molecular flexibility index (Phi) is 8.34. The summed E-state index contributed by atoms with van der Waals surface area (Å²) in [5, 5.41) is 1.21. The van der Waals surface area contributed by atoms with Gasteiger partial charge in [-0.15, -0.1) is 0 Å². The highest BCUT2D eigenvalue weighted by molar-refractivity contribution is 5.91. The molecule has 3 aromatic rings. The first kappa shape index (κ1) is 30.1. The second-order valence-corrected chi connectivity index (χ2v) is 11.7. The van der Waals surface area contributed by atoms with Crippen LogP contribution in [0.25, 0.3) is 10.9 Å². The molecule has 1 N–H and O–H groups in total. The van der Waals surface area contributed by atoms with E-state index in [0.29, 0.717) is 23.7 Å². The van der Waals surface area contributed by atoms with Crippen molar-refractivity contribution < 1.29 is 42.7 Å². The Morgan fingerprint density at radius 3 is 2.30 bits per heavy atom. The molecule has 1 aromatic heterocycles. The molecule has 11 nitrogen and oxygen atoms in total. The number of rotatable bonds is 8. The first-order chi connectivity index (χ1) is 21.3. The third-order valence-corrected chi connectivity index (χ3v) is 9.76. The van der Waals surface area contributed by atoms with Crippen molar-refractivity contribution in [3.8, 4) is 23.0 Å². The van der Waals surface area contributed by atoms with E-state index in [0.717, 1.165) is 37.2 Å². The standard InChI is InChI=1S/C33H40N2O9/c1-38-19-7-8-20-21-9-10-35-16-18-13-27(44-32(36)17-11-25(39-2)30(41-4)26(12-17)40-3)31(42-5)28(33(37)43-6)22(18)15-24(35)29(21)34-23(20)14-19/h7-8,11-12,14,18,22,24,27-28,31,34H,9-10,13,15-16H2,1-6H3/t18-,22-,24-,27+,28+,31-/m0/s1. The molecule has 2 fully saturated rings. The summed E-state index contributed by atoms with van der Waals surface area (Å²) in [5.74, 6) is 0.441. The van der Waals surface area contributed by atoms with Crippen molar-refractivity contribution >= 4 is 22.8 Å². The van der Waals surface area contributed by atoms with E-state index in [-0.39, 0.29) is 29.4 Å². The Labute approximate surface area is 256 Å². The molecule has 6 atom stereocenters. The van der Waals surface area contributed by atoms with Gasteiger partial charge in [0.05, 0.1) is 53.1 Å². The lowest BCUT2D eigenvalue weighted by Crippen LogP contribution is -2.58. The number of carbonyl (C=O) groups excluding carboxylic acids is 2. The van der Waals surface area contributed by atoms with Gasteiger partial charge in [0.2, 0.25) is 5.75 Å². The zero-order valence-electron chi connectivity index (χ0n) is 26.0. The lowest BCUT2D eigenvalue weighted by Gasteiger charge is -2.52. The fourth-order valence-corrected chi connectivity index (χ4v) is 7.76. The summed E-state index contributed by atoms with van der Waals surface area (Å²) >= 11 is 0. The first-order valence-corrected chi connectivity index (χ1v) is 14.9. The molecular formula is C33H40N2O9. The molecule has 236 valence electrons. The van der Waals surface area contributed by atoms with Crippen LogP contribution in [-0.2, 0) is 25.4 Å². The first-order valence-electron chi connectivity index (χ1n) is 14.9. The lowest BCUT2D eigenvalue weighted by atomic mass is 9.63. The SMILES string of the molecule is COC(=O)[C@@H]1[C@H]2C[C@H]3c4[nH]c5cc(OC)ccc5c4CCN3C[C@@H]2C[C@@H](OC(=O)c2cc(OC)c(OC)c(OC)c2)[C@@H]1OC. The van der Waals surface area contributed by atoms with E-state index in [9.17, 15) is 9.59 Å². The average molecular weight is 609 g/mol. The number of aromatic nitrogens is 1. The van der Waals surface area contributed by atoms with Crippen LogP contribution in [0.2, 0.25) is 0 Å². The van der Waals surface area contributed by atoms with Crippen molar-refractivity contribution in [2.24, 2.45) is 17.8 Å².